The molecule has 1 fully saturated rings. The summed E-state index contributed by atoms with van der Waals surface area (Å²) >= 11 is 3.41. The first-order valence-corrected chi connectivity index (χ1v) is 8.50. The van der Waals surface area contributed by atoms with Gasteiger partial charge in [0.05, 0.1) is 0 Å². The molecule has 1 aromatic heterocycles. The Morgan fingerprint density at radius 1 is 1.63 bits per heavy atom. The second-order valence-electron chi connectivity index (χ2n) is 5.16. The summed E-state index contributed by atoms with van der Waals surface area (Å²) in [4.78, 5) is 15.6. The third kappa shape index (κ3) is 4.78. The Balaban J connectivity index is 1.65. The molecular weight excluding hydrogens is 280 g/mol. The average Bonchev–Trinajstić information content (AvgIpc) is 3.02. The topological polar surface area (TPSA) is 62.2 Å². The number of aromatic nitrogens is 1. The molecule has 2 rings (SSSR count). The van der Waals surface area contributed by atoms with Crippen LogP contribution in [0, 0.1) is 0 Å². The summed E-state index contributed by atoms with van der Waals surface area (Å²) in [7, 11) is 0. The van der Waals surface area contributed by atoms with Crippen molar-refractivity contribution in [3.05, 3.63) is 11.6 Å². The number of thioether (sulfide) groups is 1. The van der Waals surface area contributed by atoms with Crippen molar-refractivity contribution >= 4 is 29.1 Å². The Labute approximate surface area is 122 Å². The number of nitrogens with one attached hydrogen (secondary N) is 1. The molecule has 1 heterocycles. The zero-order valence-corrected chi connectivity index (χ0v) is 12.7. The Hall–Kier alpha value is -0.590. The molecule has 0 amide bonds. The molecule has 1 aliphatic carbocycles. The van der Waals surface area contributed by atoms with Crippen molar-refractivity contribution in [1.29, 1.82) is 0 Å². The van der Waals surface area contributed by atoms with Gasteiger partial charge in [-0.1, -0.05) is 18.2 Å². The van der Waals surface area contributed by atoms with Crippen LogP contribution >= 0.6 is 23.1 Å². The Morgan fingerprint density at radius 2 is 2.42 bits per heavy atom. The van der Waals surface area contributed by atoms with Gasteiger partial charge in [-0.15, -0.1) is 11.3 Å². The molecule has 0 saturated heterocycles. The maximum Gasteiger partial charge on any atom is 0.323 e. The smallest absolute Gasteiger partial charge is 0.323 e. The lowest BCUT2D eigenvalue weighted by Gasteiger charge is -2.26. The number of carbonyl (C=O) groups is 1. The van der Waals surface area contributed by atoms with Crippen LogP contribution in [0.15, 0.2) is 15.9 Å². The van der Waals surface area contributed by atoms with Gasteiger partial charge >= 0.3 is 5.97 Å². The molecule has 1 aliphatic rings. The maximum absolute atomic E-state index is 11.4. The van der Waals surface area contributed by atoms with Crippen molar-refractivity contribution in [2.24, 2.45) is 0 Å². The van der Waals surface area contributed by atoms with Gasteiger partial charge < -0.3 is 5.11 Å². The third-order valence-corrected chi connectivity index (χ3v) is 5.33. The summed E-state index contributed by atoms with van der Waals surface area (Å²) in [5.74, 6) is 0.277. The quantitative estimate of drug-likeness (QED) is 0.542. The van der Waals surface area contributed by atoms with E-state index in [2.05, 4.69) is 10.3 Å². The molecule has 19 heavy (non-hydrogen) atoms. The van der Waals surface area contributed by atoms with E-state index in [4.69, 9.17) is 0 Å². The van der Waals surface area contributed by atoms with E-state index in [9.17, 15) is 9.90 Å². The third-order valence-electron chi connectivity index (χ3n) is 3.28. The fourth-order valence-corrected chi connectivity index (χ4v) is 3.65. The van der Waals surface area contributed by atoms with Crippen molar-refractivity contribution in [3.8, 4) is 0 Å². The first-order valence-electron chi connectivity index (χ1n) is 6.63. The fourth-order valence-electron chi connectivity index (χ4n) is 1.94. The van der Waals surface area contributed by atoms with Crippen molar-refractivity contribution in [3.63, 3.8) is 0 Å². The lowest BCUT2D eigenvalue weighted by molar-refractivity contribution is -0.144. The number of carboxylic acid groups (broad SMARTS) is 1. The van der Waals surface area contributed by atoms with Crippen LogP contribution in [-0.4, -0.2) is 33.4 Å². The molecule has 0 aliphatic heterocycles. The minimum atomic E-state index is -0.757. The minimum Gasteiger partial charge on any atom is -0.480 e. The number of nitrogens with zero attached hydrogens (tertiary/aromatic N) is 1. The number of hydrogen-bond donors (Lipinski definition) is 2. The van der Waals surface area contributed by atoms with Crippen LogP contribution in [0.3, 0.4) is 0 Å². The van der Waals surface area contributed by atoms with Crippen LogP contribution in [0.5, 0.6) is 0 Å². The second kappa shape index (κ2) is 6.72. The zero-order valence-electron chi connectivity index (χ0n) is 11.1. The van der Waals surface area contributed by atoms with E-state index in [0.29, 0.717) is 12.5 Å². The standard InChI is InChI=1S/C13H20N2O2S2/c1-13(11(16)17,15-10-4-5-10)6-2-3-8-18-12-14-7-9-19-12/h7,9-10,15H,2-6,8H2,1H3,(H,16,17). The van der Waals surface area contributed by atoms with Crippen LogP contribution in [0.2, 0.25) is 0 Å². The molecule has 1 aromatic rings. The van der Waals surface area contributed by atoms with E-state index in [1.807, 2.05) is 18.5 Å². The SMILES string of the molecule is CC(CCCCSc1nccs1)(NC1CC1)C(=O)O. The van der Waals surface area contributed by atoms with Crippen LogP contribution in [0.1, 0.15) is 39.0 Å². The molecule has 6 heteroatoms. The highest BCUT2D eigenvalue weighted by Gasteiger charge is 2.37. The predicted octanol–water partition coefficient (Wildman–Crippen LogP) is 3.00. The van der Waals surface area contributed by atoms with E-state index < -0.39 is 11.5 Å². The van der Waals surface area contributed by atoms with E-state index >= 15 is 0 Å². The van der Waals surface area contributed by atoms with E-state index in [1.165, 1.54) is 0 Å². The lowest BCUT2D eigenvalue weighted by atomic mass is 9.95. The van der Waals surface area contributed by atoms with Crippen molar-refractivity contribution < 1.29 is 9.90 Å². The minimum absolute atomic E-state index is 0.422. The van der Waals surface area contributed by atoms with Gasteiger partial charge in [-0.3, -0.25) is 10.1 Å². The molecule has 4 nitrogen and oxygen atoms in total. The first-order chi connectivity index (χ1) is 9.10. The molecule has 1 saturated carbocycles. The van der Waals surface area contributed by atoms with Gasteiger partial charge in [-0.2, -0.15) is 0 Å². The normalized spacial score (nSPS) is 18.2. The molecule has 106 valence electrons. The van der Waals surface area contributed by atoms with Crippen LogP contribution in [0.4, 0.5) is 0 Å². The second-order valence-corrected chi connectivity index (χ2v) is 7.40. The molecule has 1 unspecified atom stereocenters. The van der Waals surface area contributed by atoms with Crippen LogP contribution in [0.25, 0.3) is 0 Å². The first kappa shape index (κ1) is 14.8. The maximum atomic E-state index is 11.4. The Kier molecular flexibility index (Phi) is 5.24. The summed E-state index contributed by atoms with van der Waals surface area (Å²) in [6.45, 7) is 1.81. The Morgan fingerprint density at radius 3 is 3.00 bits per heavy atom. The fraction of sp³-hybridized carbons (Fsp3) is 0.692. The van der Waals surface area contributed by atoms with Gasteiger partial charge in [0.2, 0.25) is 0 Å². The van der Waals surface area contributed by atoms with E-state index in [0.717, 1.165) is 35.8 Å². The van der Waals surface area contributed by atoms with Crippen molar-refractivity contribution in [2.45, 2.75) is 54.9 Å². The zero-order chi connectivity index (χ0) is 13.7. The van der Waals surface area contributed by atoms with Crippen LogP contribution in [-0.2, 0) is 4.79 Å². The summed E-state index contributed by atoms with van der Waals surface area (Å²) in [6.07, 6.45) is 6.69. The van der Waals surface area contributed by atoms with Gasteiger partial charge in [0.15, 0.2) is 0 Å². The molecule has 0 spiro atoms. The van der Waals surface area contributed by atoms with Gasteiger partial charge in [0, 0.05) is 23.4 Å². The molecule has 0 radical (unpaired) electrons. The molecule has 0 aromatic carbocycles. The van der Waals surface area contributed by atoms with Gasteiger partial charge in [-0.25, -0.2) is 4.98 Å². The van der Waals surface area contributed by atoms with E-state index in [1.54, 1.807) is 23.1 Å². The van der Waals surface area contributed by atoms with Gasteiger partial charge in [0.1, 0.15) is 9.88 Å². The number of unbranched alkanes of at least 4 members (excludes halogenated alkanes) is 1. The van der Waals surface area contributed by atoms with Crippen molar-refractivity contribution in [1.82, 2.24) is 10.3 Å². The largest absolute Gasteiger partial charge is 0.480 e. The van der Waals surface area contributed by atoms with E-state index in [-0.39, 0.29) is 0 Å². The molecular formula is C13H20N2O2S2. The highest BCUT2D eigenvalue weighted by atomic mass is 32.2. The number of aliphatic carboxylic acids is 1. The number of carboxylic acids is 1. The highest BCUT2D eigenvalue weighted by molar-refractivity contribution is 8.00. The monoisotopic (exact) mass is 300 g/mol. The van der Waals surface area contributed by atoms with Gasteiger partial charge in [-0.05, 0) is 32.6 Å². The predicted molar refractivity (Wildman–Crippen MR) is 78.9 cm³/mol. The van der Waals surface area contributed by atoms with Gasteiger partial charge in [0.25, 0.3) is 0 Å². The lowest BCUT2D eigenvalue weighted by Crippen LogP contribution is -2.50. The molecule has 0 bridgehead atoms. The molecule has 1 atom stereocenters. The van der Waals surface area contributed by atoms with Crippen LogP contribution < -0.4 is 5.32 Å². The summed E-state index contributed by atoms with van der Waals surface area (Å²) in [5.41, 5.74) is -0.757. The summed E-state index contributed by atoms with van der Waals surface area (Å²) < 4.78 is 1.09. The molecule has 2 N–H and O–H groups in total. The summed E-state index contributed by atoms with van der Waals surface area (Å²) in [5, 5.41) is 14.6. The van der Waals surface area contributed by atoms with Crippen molar-refractivity contribution in [2.75, 3.05) is 5.75 Å². The average molecular weight is 300 g/mol. The summed E-state index contributed by atoms with van der Waals surface area (Å²) in [6, 6.07) is 0.422. The Bertz CT molecular complexity index is 407. The number of rotatable bonds is 9. The highest BCUT2D eigenvalue weighted by Crippen LogP contribution is 2.26. The number of hydrogen-bond acceptors (Lipinski definition) is 5. The number of thiazole rings is 1.